The van der Waals surface area contributed by atoms with Gasteiger partial charge in [0.2, 0.25) is 5.91 Å². The zero-order chi connectivity index (χ0) is 28.1. The summed E-state index contributed by atoms with van der Waals surface area (Å²) in [4.78, 5) is 19.7. The van der Waals surface area contributed by atoms with Crippen LogP contribution < -0.4 is 0 Å². The van der Waals surface area contributed by atoms with Gasteiger partial charge in [-0.05, 0) is 70.3 Å². The molecule has 222 valence electrons. The molecule has 2 saturated carbocycles. The second kappa shape index (κ2) is 13.5. The summed E-state index contributed by atoms with van der Waals surface area (Å²) in [7, 11) is 3.64. The SMILES string of the molecule is CN(CCC1CC(C(F)(F)F)CC(C(F)(F)F)C1)C(=O)C(C1CCCCC1)N1CCC(N(C)CCO)CC1. The summed E-state index contributed by atoms with van der Waals surface area (Å²) in [5.41, 5.74) is 0. The fraction of sp³-hybridized carbons (Fsp3) is 0.963. The summed E-state index contributed by atoms with van der Waals surface area (Å²) in [6, 6.07) is 0.0364. The Morgan fingerprint density at radius 1 is 0.868 bits per heavy atom. The van der Waals surface area contributed by atoms with Crippen LogP contribution in [0, 0.1) is 23.7 Å². The number of alkyl halides is 6. The highest BCUT2D eigenvalue weighted by molar-refractivity contribution is 5.82. The van der Waals surface area contributed by atoms with Gasteiger partial charge in [0.25, 0.3) is 0 Å². The molecule has 0 spiro atoms. The lowest BCUT2D eigenvalue weighted by Crippen LogP contribution is -2.56. The molecule has 1 heterocycles. The van der Waals surface area contributed by atoms with E-state index in [4.69, 9.17) is 0 Å². The van der Waals surface area contributed by atoms with Crippen LogP contribution >= 0.6 is 0 Å². The minimum absolute atomic E-state index is 0.0605. The van der Waals surface area contributed by atoms with Crippen molar-refractivity contribution in [2.24, 2.45) is 23.7 Å². The summed E-state index contributed by atoms with van der Waals surface area (Å²) in [6.07, 6.45) is -3.70. The first kappa shape index (κ1) is 31.5. The van der Waals surface area contributed by atoms with Gasteiger partial charge in [0.1, 0.15) is 0 Å². The van der Waals surface area contributed by atoms with Crippen LogP contribution in [0.3, 0.4) is 0 Å². The second-order valence-electron chi connectivity index (χ2n) is 11.9. The number of rotatable bonds is 9. The highest BCUT2D eigenvalue weighted by atomic mass is 19.4. The summed E-state index contributed by atoms with van der Waals surface area (Å²) in [6.45, 7) is 2.37. The van der Waals surface area contributed by atoms with E-state index in [9.17, 15) is 36.2 Å². The number of likely N-dealkylation sites (N-methyl/N-ethyl adjacent to an activating group) is 2. The van der Waals surface area contributed by atoms with Crippen LogP contribution in [0.15, 0.2) is 0 Å². The lowest BCUT2D eigenvalue weighted by molar-refractivity contribution is -0.229. The molecule has 5 nitrogen and oxygen atoms in total. The molecule has 11 heteroatoms. The third-order valence-corrected chi connectivity index (χ3v) is 9.30. The summed E-state index contributed by atoms with van der Waals surface area (Å²) < 4.78 is 80.3. The van der Waals surface area contributed by atoms with Gasteiger partial charge in [0, 0.05) is 39.3 Å². The molecule has 0 aromatic carbocycles. The molecular weight excluding hydrogens is 512 g/mol. The largest absolute Gasteiger partial charge is 0.395 e. The monoisotopic (exact) mass is 557 g/mol. The average Bonchev–Trinajstić information content (AvgIpc) is 2.87. The van der Waals surface area contributed by atoms with Crippen molar-refractivity contribution in [1.29, 1.82) is 0 Å². The Bertz CT molecular complexity index is 713. The molecule has 2 aliphatic carbocycles. The maximum atomic E-state index is 13.8. The maximum absolute atomic E-state index is 13.8. The Balaban J connectivity index is 1.64. The molecule has 1 saturated heterocycles. The number of hydrogen-bond acceptors (Lipinski definition) is 4. The van der Waals surface area contributed by atoms with E-state index < -0.39 is 36.5 Å². The van der Waals surface area contributed by atoms with Crippen LogP contribution in [0.2, 0.25) is 0 Å². The molecule has 1 aliphatic heterocycles. The fourth-order valence-corrected chi connectivity index (χ4v) is 6.97. The van der Waals surface area contributed by atoms with Crippen LogP contribution in [0.4, 0.5) is 26.3 Å². The van der Waals surface area contributed by atoms with Crippen LogP contribution in [-0.2, 0) is 4.79 Å². The van der Waals surface area contributed by atoms with E-state index >= 15 is 0 Å². The van der Waals surface area contributed by atoms with Gasteiger partial charge in [0.05, 0.1) is 24.5 Å². The number of likely N-dealkylation sites (tertiary alicyclic amines) is 1. The number of nitrogens with zero attached hydrogens (tertiary/aromatic N) is 3. The number of aliphatic hydroxyl groups excluding tert-OH is 1. The number of piperidine rings is 1. The normalized spacial score (nSPS) is 28.0. The van der Waals surface area contributed by atoms with Gasteiger partial charge in [-0.3, -0.25) is 9.69 Å². The van der Waals surface area contributed by atoms with Crippen molar-refractivity contribution >= 4 is 5.91 Å². The van der Waals surface area contributed by atoms with Gasteiger partial charge >= 0.3 is 12.4 Å². The Hall–Kier alpha value is -1.07. The molecule has 3 fully saturated rings. The van der Waals surface area contributed by atoms with Crippen molar-refractivity contribution in [3.63, 3.8) is 0 Å². The molecular formula is C27H45F6N3O2. The van der Waals surface area contributed by atoms with Crippen molar-refractivity contribution in [3.8, 4) is 0 Å². The highest BCUT2D eigenvalue weighted by Gasteiger charge is 2.51. The Morgan fingerprint density at radius 3 is 1.92 bits per heavy atom. The molecule has 3 unspecified atom stereocenters. The molecule has 3 rings (SSSR count). The number of carbonyl (C=O) groups is 1. The third-order valence-electron chi connectivity index (χ3n) is 9.30. The Kier molecular flexibility index (Phi) is 11.2. The van der Waals surface area contributed by atoms with Crippen molar-refractivity contribution in [1.82, 2.24) is 14.7 Å². The quantitative estimate of drug-likeness (QED) is 0.390. The predicted molar refractivity (Wildman–Crippen MR) is 133 cm³/mol. The molecule has 1 N–H and O–H groups in total. The minimum atomic E-state index is -4.65. The van der Waals surface area contributed by atoms with Gasteiger partial charge in [-0.25, -0.2) is 0 Å². The number of halogens is 6. The fourth-order valence-electron chi connectivity index (χ4n) is 6.97. The third kappa shape index (κ3) is 8.46. The summed E-state index contributed by atoms with van der Waals surface area (Å²) in [5, 5.41) is 9.25. The zero-order valence-electron chi connectivity index (χ0n) is 22.7. The molecule has 3 atom stereocenters. The van der Waals surface area contributed by atoms with Gasteiger partial charge in [-0.15, -0.1) is 0 Å². The van der Waals surface area contributed by atoms with E-state index in [1.165, 1.54) is 0 Å². The lowest BCUT2D eigenvalue weighted by Gasteiger charge is -2.44. The average molecular weight is 558 g/mol. The van der Waals surface area contributed by atoms with Crippen LogP contribution in [0.25, 0.3) is 0 Å². The molecule has 38 heavy (non-hydrogen) atoms. The summed E-state index contributed by atoms with van der Waals surface area (Å²) in [5.74, 6) is -4.47. The highest BCUT2D eigenvalue weighted by Crippen LogP contribution is 2.48. The molecule has 0 aromatic rings. The molecule has 0 bridgehead atoms. The van der Waals surface area contributed by atoms with E-state index in [-0.39, 0.29) is 50.3 Å². The molecule has 1 amide bonds. The number of amides is 1. The Labute approximate surface area is 222 Å². The lowest BCUT2D eigenvalue weighted by atomic mass is 9.73. The van der Waals surface area contributed by atoms with Crippen molar-refractivity contribution in [3.05, 3.63) is 0 Å². The van der Waals surface area contributed by atoms with Crippen molar-refractivity contribution in [2.75, 3.05) is 46.9 Å². The first-order valence-corrected chi connectivity index (χ1v) is 14.2. The maximum Gasteiger partial charge on any atom is 0.391 e. The number of hydrogen-bond donors (Lipinski definition) is 1. The minimum Gasteiger partial charge on any atom is -0.395 e. The molecule has 3 aliphatic rings. The van der Waals surface area contributed by atoms with Crippen LogP contribution in [0.1, 0.15) is 70.6 Å². The first-order valence-electron chi connectivity index (χ1n) is 14.2. The van der Waals surface area contributed by atoms with E-state index in [1.807, 2.05) is 7.05 Å². The first-order chi connectivity index (χ1) is 17.8. The topological polar surface area (TPSA) is 47.0 Å². The van der Waals surface area contributed by atoms with Crippen molar-refractivity contribution in [2.45, 2.75) is 95.1 Å². The van der Waals surface area contributed by atoms with E-state index in [1.54, 1.807) is 11.9 Å². The Morgan fingerprint density at radius 2 is 1.42 bits per heavy atom. The summed E-state index contributed by atoms with van der Waals surface area (Å²) >= 11 is 0. The number of carbonyl (C=O) groups excluding carboxylic acids is 1. The van der Waals surface area contributed by atoms with Crippen LogP contribution in [-0.4, -0.2) is 97.0 Å². The van der Waals surface area contributed by atoms with Gasteiger partial charge < -0.3 is 14.9 Å². The molecule has 0 radical (unpaired) electrons. The van der Waals surface area contributed by atoms with Crippen molar-refractivity contribution < 1.29 is 36.2 Å². The van der Waals surface area contributed by atoms with E-state index in [2.05, 4.69) is 9.80 Å². The predicted octanol–water partition coefficient (Wildman–Crippen LogP) is 5.33. The van der Waals surface area contributed by atoms with E-state index in [0.717, 1.165) is 58.0 Å². The number of aliphatic hydroxyl groups is 1. The van der Waals surface area contributed by atoms with Crippen LogP contribution in [0.5, 0.6) is 0 Å². The molecule has 0 aromatic heterocycles. The second-order valence-corrected chi connectivity index (χ2v) is 11.9. The van der Waals surface area contributed by atoms with Gasteiger partial charge in [-0.1, -0.05) is 19.3 Å². The smallest absolute Gasteiger partial charge is 0.391 e. The van der Waals surface area contributed by atoms with Gasteiger partial charge in [-0.2, -0.15) is 26.3 Å². The standard InChI is InChI=1S/C27H45F6N3O2/c1-34(14-15-37)23-9-12-36(13-10-23)24(20-6-4-3-5-7-20)25(38)35(2)11-8-19-16-21(26(28,29)30)18-22(17-19)27(31,32)33/h19-24,37H,3-18H2,1-2H3. The van der Waals surface area contributed by atoms with Gasteiger partial charge in [0.15, 0.2) is 0 Å². The zero-order valence-corrected chi connectivity index (χ0v) is 22.7. The van der Waals surface area contributed by atoms with E-state index in [0.29, 0.717) is 12.6 Å².